The van der Waals surface area contributed by atoms with Gasteiger partial charge in [-0.2, -0.15) is 0 Å². The lowest BCUT2D eigenvalue weighted by Crippen LogP contribution is -2.46. The van der Waals surface area contributed by atoms with Crippen molar-refractivity contribution < 1.29 is 18.0 Å². The Balaban J connectivity index is 1.71. The topological polar surface area (TPSA) is 86.8 Å². The molecule has 0 aromatic heterocycles. The van der Waals surface area contributed by atoms with Crippen molar-refractivity contribution in [2.24, 2.45) is 5.92 Å². The second-order valence-corrected chi connectivity index (χ2v) is 10.00. The lowest BCUT2D eigenvalue weighted by molar-refractivity contribution is 0.0845. The van der Waals surface area contributed by atoms with E-state index < -0.39 is 22.0 Å². The van der Waals surface area contributed by atoms with Crippen LogP contribution in [0.25, 0.3) is 0 Å². The van der Waals surface area contributed by atoms with Gasteiger partial charge in [0.2, 0.25) is 0 Å². The molecule has 2 aliphatic heterocycles. The normalized spacial score (nSPS) is 23.0. The van der Waals surface area contributed by atoms with Crippen LogP contribution < -0.4 is 5.32 Å². The lowest BCUT2D eigenvalue weighted by Gasteiger charge is -2.35. The van der Waals surface area contributed by atoms with E-state index in [-0.39, 0.29) is 28.0 Å². The van der Waals surface area contributed by atoms with Crippen molar-refractivity contribution in [3.63, 3.8) is 0 Å². The van der Waals surface area contributed by atoms with Crippen LogP contribution in [0, 0.1) is 5.92 Å². The molecule has 2 heterocycles. The Labute approximate surface area is 167 Å². The van der Waals surface area contributed by atoms with Gasteiger partial charge in [-0.25, -0.2) is 12.7 Å². The number of fused-ring (bicyclic) bond motifs is 1. The van der Waals surface area contributed by atoms with Gasteiger partial charge in [0.05, 0.1) is 5.56 Å². The first-order valence-corrected chi connectivity index (χ1v) is 11.3. The first-order chi connectivity index (χ1) is 13.1. The number of likely N-dealkylation sites (tertiary alicyclic amines) is 1. The first kappa shape index (κ1) is 20.8. The second-order valence-electron chi connectivity index (χ2n) is 8.21. The number of piperidine rings is 1. The molecule has 1 N–H and O–H groups in total. The molecule has 1 aromatic rings. The average molecular weight is 408 g/mol. The van der Waals surface area contributed by atoms with Crippen LogP contribution in [0.15, 0.2) is 23.1 Å². The van der Waals surface area contributed by atoms with E-state index in [9.17, 15) is 18.0 Å². The van der Waals surface area contributed by atoms with Crippen LogP contribution in [0.3, 0.4) is 0 Å². The van der Waals surface area contributed by atoms with E-state index in [1.807, 2.05) is 0 Å². The van der Waals surface area contributed by atoms with Gasteiger partial charge in [-0.3, -0.25) is 14.5 Å². The van der Waals surface area contributed by atoms with Gasteiger partial charge in [-0.1, -0.05) is 6.92 Å². The molecule has 0 aliphatic carbocycles. The molecule has 2 amide bonds. The van der Waals surface area contributed by atoms with Gasteiger partial charge in [-0.15, -0.1) is 0 Å². The summed E-state index contributed by atoms with van der Waals surface area (Å²) in [5.41, 5.74) is 0.376. The summed E-state index contributed by atoms with van der Waals surface area (Å²) in [7, 11) is -3.91. The molecule has 2 unspecified atom stereocenters. The molecule has 1 aromatic carbocycles. The van der Waals surface area contributed by atoms with Crippen LogP contribution in [0.4, 0.5) is 0 Å². The van der Waals surface area contributed by atoms with Crippen molar-refractivity contribution in [1.29, 1.82) is 0 Å². The molecule has 2 aliphatic rings. The molecular weight excluding hydrogens is 378 g/mol. The van der Waals surface area contributed by atoms with Crippen molar-refractivity contribution in [1.82, 2.24) is 14.5 Å². The molecule has 1 saturated heterocycles. The first-order valence-electron chi connectivity index (χ1n) is 9.88. The summed E-state index contributed by atoms with van der Waals surface area (Å²) in [6, 6.07) is 3.99. The highest BCUT2D eigenvalue weighted by Gasteiger charge is 2.42. The predicted molar refractivity (Wildman–Crippen MR) is 107 cm³/mol. The van der Waals surface area contributed by atoms with Crippen LogP contribution >= 0.6 is 0 Å². The molecule has 28 heavy (non-hydrogen) atoms. The van der Waals surface area contributed by atoms with E-state index in [1.54, 1.807) is 13.8 Å². The highest BCUT2D eigenvalue weighted by atomic mass is 32.2. The summed E-state index contributed by atoms with van der Waals surface area (Å²) < 4.78 is 26.2. The monoisotopic (exact) mass is 407 g/mol. The number of nitrogens with zero attached hydrogens (tertiary/aromatic N) is 2. The van der Waals surface area contributed by atoms with Gasteiger partial charge in [0, 0.05) is 30.7 Å². The molecule has 154 valence electrons. The van der Waals surface area contributed by atoms with Crippen molar-refractivity contribution in [2.75, 3.05) is 19.6 Å². The van der Waals surface area contributed by atoms with Crippen LogP contribution in [0.5, 0.6) is 0 Å². The maximum atomic E-state index is 12.7. The Hall–Kier alpha value is -1.93. The third kappa shape index (κ3) is 3.80. The molecular formula is C20H29N3O4S. The third-order valence-electron chi connectivity index (χ3n) is 5.55. The predicted octanol–water partition coefficient (Wildman–Crippen LogP) is 2.09. The summed E-state index contributed by atoms with van der Waals surface area (Å²) >= 11 is 0. The number of carbonyl (C=O) groups is 2. The third-order valence-corrected chi connectivity index (χ3v) is 7.55. The number of amides is 2. The van der Waals surface area contributed by atoms with Gasteiger partial charge in [0.1, 0.15) is 4.90 Å². The van der Waals surface area contributed by atoms with E-state index in [4.69, 9.17) is 0 Å². The van der Waals surface area contributed by atoms with E-state index in [1.165, 1.54) is 31.0 Å². The summed E-state index contributed by atoms with van der Waals surface area (Å²) in [5, 5.41) is 2.90. The Morgan fingerprint density at radius 3 is 2.64 bits per heavy atom. The van der Waals surface area contributed by atoms with Crippen molar-refractivity contribution in [3.05, 3.63) is 29.3 Å². The Morgan fingerprint density at radius 2 is 2.00 bits per heavy atom. The molecule has 2 atom stereocenters. The van der Waals surface area contributed by atoms with Gasteiger partial charge in [-0.05, 0) is 64.3 Å². The van der Waals surface area contributed by atoms with Crippen LogP contribution in [0.2, 0.25) is 0 Å². The fourth-order valence-electron chi connectivity index (χ4n) is 4.00. The van der Waals surface area contributed by atoms with Crippen LogP contribution in [0.1, 0.15) is 61.3 Å². The number of nitrogens with one attached hydrogen (secondary N) is 1. The minimum atomic E-state index is -3.91. The molecule has 0 bridgehead atoms. The summed E-state index contributed by atoms with van der Waals surface area (Å²) in [6.07, 6.45) is 2.41. The van der Waals surface area contributed by atoms with E-state index >= 15 is 0 Å². The maximum absolute atomic E-state index is 12.7. The Bertz CT molecular complexity index is 881. The standard InChI is InChI=1S/C20H29N3O4S/c1-13(2)23-20(25)17-8-7-16(10-18(17)28(23,26)27)19(24)21-11-15(4)22-9-5-6-14(3)12-22/h7-8,10,13-15H,5-6,9,11-12H2,1-4H3,(H,21,24). The number of hydrogen-bond acceptors (Lipinski definition) is 5. The highest BCUT2D eigenvalue weighted by molar-refractivity contribution is 7.90. The molecule has 0 saturated carbocycles. The minimum Gasteiger partial charge on any atom is -0.350 e. The number of carbonyl (C=O) groups excluding carboxylic acids is 2. The summed E-state index contributed by atoms with van der Waals surface area (Å²) in [5.74, 6) is -0.203. The van der Waals surface area contributed by atoms with Crippen LogP contribution in [-0.4, -0.2) is 61.2 Å². The SMILES string of the molecule is CC1CCCN(C(C)CNC(=O)c2ccc3c(c2)S(=O)(=O)N(C(C)C)C3=O)C1. The fraction of sp³-hybridized carbons (Fsp3) is 0.600. The maximum Gasteiger partial charge on any atom is 0.269 e. The zero-order valence-corrected chi connectivity index (χ0v) is 17.8. The van der Waals surface area contributed by atoms with Gasteiger partial charge >= 0.3 is 0 Å². The molecule has 8 heteroatoms. The van der Waals surface area contributed by atoms with E-state index in [2.05, 4.69) is 24.1 Å². The lowest BCUT2D eigenvalue weighted by atomic mass is 9.99. The van der Waals surface area contributed by atoms with Gasteiger partial charge < -0.3 is 5.32 Å². The molecule has 3 rings (SSSR count). The number of hydrogen-bond donors (Lipinski definition) is 1. The Kier molecular flexibility index (Phi) is 5.82. The molecule has 1 fully saturated rings. The van der Waals surface area contributed by atoms with Gasteiger partial charge in [0.25, 0.3) is 21.8 Å². The second kappa shape index (κ2) is 7.83. The average Bonchev–Trinajstić information content (AvgIpc) is 2.84. The minimum absolute atomic E-state index is 0.0863. The fourth-order valence-corrected chi connectivity index (χ4v) is 5.79. The molecule has 7 nitrogen and oxygen atoms in total. The largest absolute Gasteiger partial charge is 0.350 e. The molecule has 0 spiro atoms. The van der Waals surface area contributed by atoms with E-state index in [0.717, 1.165) is 17.4 Å². The van der Waals surface area contributed by atoms with Crippen LogP contribution in [-0.2, 0) is 10.0 Å². The molecule has 0 radical (unpaired) electrons. The smallest absolute Gasteiger partial charge is 0.269 e. The van der Waals surface area contributed by atoms with Crippen molar-refractivity contribution in [3.8, 4) is 0 Å². The van der Waals surface area contributed by atoms with Crippen molar-refractivity contribution in [2.45, 2.75) is 57.5 Å². The number of benzene rings is 1. The number of sulfonamides is 1. The summed E-state index contributed by atoms with van der Waals surface area (Å²) in [6.45, 7) is 10.2. The van der Waals surface area contributed by atoms with Crippen molar-refractivity contribution >= 4 is 21.8 Å². The zero-order valence-electron chi connectivity index (χ0n) is 16.9. The summed E-state index contributed by atoms with van der Waals surface area (Å²) in [4.78, 5) is 27.3. The highest BCUT2D eigenvalue weighted by Crippen LogP contribution is 2.32. The quantitative estimate of drug-likeness (QED) is 0.808. The Morgan fingerprint density at radius 1 is 1.29 bits per heavy atom. The van der Waals surface area contributed by atoms with Gasteiger partial charge in [0.15, 0.2) is 0 Å². The van der Waals surface area contributed by atoms with E-state index in [0.29, 0.717) is 12.5 Å². The number of rotatable bonds is 5. The zero-order chi connectivity index (χ0) is 20.6.